The van der Waals surface area contributed by atoms with Gasteiger partial charge in [0, 0.05) is 31.3 Å². The van der Waals surface area contributed by atoms with E-state index in [0.717, 1.165) is 5.56 Å². The molecule has 7 heteroatoms. The molecule has 2 heterocycles. The molecule has 0 radical (unpaired) electrons. The second kappa shape index (κ2) is 6.93. The fraction of sp³-hybridized carbons (Fsp3) is 0.0625. The largest absolute Gasteiger partial charge is 0.334 e. The highest BCUT2D eigenvalue weighted by molar-refractivity contribution is 6.33. The van der Waals surface area contributed by atoms with Crippen LogP contribution < -0.4 is 10.6 Å². The molecule has 0 fully saturated rings. The number of amides is 2. The van der Waals surface area contributed by atoms with Crippen LogP contribution in [0.15, 0.2) is 61.2 Å². The van der Waals surface area contributed by atoms with Crippen molar-refractivity contribution >= 4 is 23.3 Å². The fourth-order valence-corrected chi connectivity index (χ4v) is 2.36. The highest BCUT2D eigenvalue weighted by Crippen LogP contribution is 2.27. The monoisotopic (exact) mass is 327 g/mol. The Morgan fingerprint density at radius 3 is 2.83 bits per heavy atom. The lowest BCUT2D eigenvalue weighted by atomic mass is 10.2. The number of hydrogen-bond donors (Lipinski definition) is 2. The molecule has 0 saturated heterocycles. The number of urea groups is 1. The average molecular weight is 328 g/mol. The molecule has 116 valence electrons. The number of carbonyl (C=O) groups excluding carboxylic acids is 1. The number of benzene rings is 1. The molecule has 0 aliphatic carbocycles. The van der Waals surface area contributed by atoms with E-state index >= 15 is 0 Å². The Balaban J connectivity index is 1.73. The van der Waals surface area contributed by atoms with Crippen molar-refractivity contribution in [3.63, 3.8) is 0 Å². The third-order valence-corrected chi connectivity index (χ3v) is 3.45. The lowest BCUT2D eigenvalue weighted by Gasteiger charge is -2.13. The number of pyridine rings is 1. The maximum atomic E-state index is 12.1. The minimum absolute atomic E-state index is 0.329. The maximum absolute atomic E-state index is 12.1. The van der Waals surface area contributed by atoms with Crippen LogP contribution in [0, 0.1) is 0 Å². The molecule has 0 saturated carbocycles. The number of nitrogens with one attached hydrogen (secondary N) is 2. The number of nitrogens with zero attached hydrogens (tertiary/aromatic N) is 3. The van der Waals surface area contributed by atoms with Crippen LogP contribution in [0.4, 0.5) is 10.5 Å². The molecular formula is C16H14ClN5O. The Morgan fingerprint density at radius 2 is 2.09 bits per heavy atom. The lowest BCUT2D eigenvalue weighted by Crippen LogP contribution is -2.28. The minimum Gasteiger partial charge on any atom is -0.334 e. The van der Waals surface area contributed by atoms with Gasteiger partial charge in [0.05, 0.1) is 10.7 Å². The zero-order valence-corrected chi connectivity index (χ0v) is 12.9. The molecule has 2 aromatic heterocycles. The topological polar surface area (TPSA) is 71.8 Å². The van der Waals surface area contributed by atoms with Crippen LogP contribution in [0.3, 0.4) is 0 Å². The molecule has 6 nitrogen and oxygen atoms in total. The number of halogens is 1. The van der Waals surface area contributed by atoms with E-state index in [1.807, 2.05) is 12.1 Å². The standard InChI is InChI=1S/C16H14ClN5O/c17-13-5-1-6-14(15(13)22-9-3-8-20-22)21-16(23)19-11-12-4-2-7-18-10-12/h1-10H,11H2,(H2,19,21,23). The number of carbonyl (C=O) groups is 1. The van der Waals surface area contributed by atoms with Crippen LogP contribution in [0.1, 0.15) is 5.56 Å². The van der Waals surface area contributed by atoms with Gasteiger partial charge in [-0.3, -0.25) is 4.98 Å². The van der Waals surface area contributed by atoms with E-state index < -0.39 is 0 Å². The Bertz CT molecular complexity index is 789. The molecule has 0 spiro atoms. The molecule has 0 unspecified atom stereocenters. The molecule has 0 aliphatic heterocycles. The quantitative estimate of drug-likeness (QED) is 0.772. The molecule has 23 heavy (non-hydrogen) atoms. The van der Waals surface area contributed by atoms with E-state index in [9.17, 15) is 4.79 Å². The summed E-state index contributed by atoms with van der Waals surface area (Å²) >= 11 is 6.24. The molecular weight excluding hydrogens is 314 g/mol. The van der Waals surface area contributed by atoms with Crippen molar-refractivity contribution in [2.24, 2.45) is 0 Å². The van der Waals surface area contributed by atoms with Crippen LogP contribution in [-0.2, 0) is 6.54 Å². The van der Waals surface area contributed by atoms with Crippen LogP contribution >= 0.6 is 11.6 Å². The number of para-hydroxylation sites is 1. The molecule has 0 atom stereocenters. The van der Waals surface area contributed by atoms with Crippen molar-refractivity contribution in [3.8, 4) is 5.69 Å². The molecule has 0 bridgehead atoms. The minimum atomic E-state index is -0.329. The third-order valence-electron chi connectivity index (χ3n) is 3.14. The van der Waals surface area contributed by atoms with Gasteiger partial charge in [-0.25, -0.2) is 9.48 Å². The number of hydrogen-bond acceptors (Lipinski definition) is 3. The van der Waals surface area contributed by atoms with E-state index in [0.29, 0.717) is 22.9 Å². The molecule has 3 aromatic rings. The van der Waals surface area contributed by atoms with Gasteiger partial charge in [-0.1, -0.05) is 23.7 Å². The van der Waals surface area contributed by atoms with Crippen molar-refractivity contribution in [1.82, 2.24) is 20.1 Å². The lowest BCUT2D eigenvalue weighted by molar-refractivity contribution is 0.251. The first-order valence-corrected chi connectivity index (χ1v) is 7.34. The maximum Gasteiger partial charge on any atom is 0.319 e. The summed E-state index contributed by atoms with van der Waals surface area (Å²) in [5.41, 5.74) is 2.11. The first-order chi connectivity index (χ1) is 11.2. The van der Waals surface area contributed by atoms with Gasteiger partial charge in [0.25, 0.3) is 0 Å². The molecule has 0 aliphatic rings. The Morgan fingerprint density at radius 1 is 1.17 bits per heavy atom. The smallest absolute Gasteiger partial charge is 0.319 e. The van der Waals surface area contributed by atoms with Crippen LogP contribution in [0.2, 0.25) is 5.02 Å². The van der Waals surface area contributed by atoms with E-state index in [4.69, 9.17) is 11.6 Å². The van der Waals surface area contributed by atoms with Gasteiger partial charge in [0.15, 0.2) is 0 Å². The molecule has 1 aromatic carbocycles. The van der Waals surface area contributed by atoms with E-state index in [-0.39, 0.29) is 6.03 Å². The Labute approximate surface area is 138 Å². The zero-order valence-electron chi connectivity index (χ0n) is 12.1. The van der Waals surface area contributed by atoms with Gasteiger partial charge < -0.3 is 10.6 Å². The fourth-order valence-electron chi connectivity index (χ4n) is 2.10. The Kier molecular flexibility index (Phi) is 4.54. The van der Waals surface area contributed by atoms with Crippen molar-refractivity contribution in [2.45, 2.75) is 6.54 Å². The van der Waals surface area contributed by atoms with Crippen LogP contribution in [0.25, 0.3) is 5.69 Å². The van der Waals surface area contributed by atoms with Crippen molar-refractivity contribution in [3.05, 3.63) is 71.8 Å². The van der Waals surface area contributed by atoms with Gasteiger partial charge in [-0.05, 0) is 29.8 Å². The summed E-state index contributed by atoms with van der Waals surface area (Å²) in [5, 5.41) is 10.2. The summed E-state index contributed by atoms with van der Waals surface area (Å²) in [6.45, 7) is 0.386. The van der Waals surface area contributed by atoms with Crippen LogP contribution in [-0.4, -0.2) is 20.8 Å². The normalized spacial score (nSPS) is 10.3. The SMILES string of the molecule is O=C(NCc1cccnc1)Nc1cccc(Cl)c1-n1cccn1. The van der Waals surface area contributed by atoms with Gasteiger partial charge in [-0.2, -0.15) is 5.10 Å². The third kappa shape index (κ3) is 3.67. The van der Waals surface area contributed by atoms with E-state index in [1.54, 1.807) is 53.7 Å². The second-order valence-corrected chi connectivity index (χ2v) is 5.16. The first kappa shape index (κ1) is 15.1. The second-order valence-electron chi connectivity index (χ2n) is 4.76. The van der Waals surface area contributed by atoms with Gasteiger partial charge in [0.2, 0.25) is 0 Å². The highest BCUT2D eigenvalue weighted by atomic mass is 35.5. The number of aromatic nitrogens is 3. The molecule has 2 N–H and O–H groups in total. The summed E-state index contributed by atoms with van der Waals surface area (Å²) in [5.74, 6) is 0. The predicted octanol–water partition coefficient (Wildman–Crippen LogP) is 3.24. The van der Waals surface area contributed by atoms with Crippen molar-refractivity contribution in [1.29, 1.82) is 0 Å². The summed E-state index contributed by atoms with van der Waals surface area (Å²) in [6, 6.07) is 10.5. The van der Waals surface area contributed by atoms with E-state index in [1.165, 1.54) is 0 Å². The van der Waals surface area contributed by atoms with Gasteiger partial charge >= 0.3 is 6.03 Å². The van der Waals surface area contributed by atoms with Crippen LogP contribution in [0.5, 0.6) is 0 Å². The molecule has 3 rings (SSSR count). The van der Waals surface area contributed by atoms with Crippen molar-refractivity contribution in [2.75, 3.05) is 5.32 Å². The molecule has 2 amide bonds. The zero-order chi connectivity index (χ0) is 16.1. The van der Waals surface area contributed by atoms with E-state index in [2.05, 4.69) is 20.7 Å². The highest BCUT2D eigenvalue weighted by Gasteiger charge is 2.12. The van der Waals surface area contributed by atoms with Crippen molar-refractivity contribution < 1.29 is 4.79 Å². The van der Waals surface area contributed by atoms with Gasteiger partial charge in [-0.15, -0.1) is 0 Å². The predicted molar refractivity (Wildman–Crippen MR) is 88.7 cm³/mol. The summed E-state index contributed by atoms with van der Waals surface area (Å²) in [6.07, 6.45) is 6.80. The van der Waals surface area contributed by atoms with Gasteiger partial charge in [0.1, 0.15) is 5.69 Å². The Hall–Kier alpha value is -2.86. The summed E-state index contributed by atoms with van der Waals surface area (Å²) in [4.78, 5) is 16.1. The first-order valence-electron chi connectivity index (χ1n) is 6.96. The average Bonchev–Trinajstić information content (AvgIpc) is 3.08. The number of anilines is 1. The summed E-state index contributed by atoms with van der Waals surface area (Å²) in [7, 11) is 0. The summed E-state index contributed by atoms with van der Waals surface area (Å²) < 4.78 is 1.61. The number of rotatable bonds is 4.